The Morgan fingerprint density at radius 1 is 1.07 bits per heavy atom. The van der Waals surface area contributed by atoms with Gasteiger partial charge in [0.1, 0.15) is 17.7 Å². The Labute approximate surface area is 179 Å². The average molecular weight is 467 g/mol. The summed E-state index contributed by atoms with van der Waals surface area (Å²) in [7, 11) is 0. The number of halogens is 1. The van der Waals surface area contributed by atoms with Gasteiger partial charge in [-0.25, -0.2) is 19.6 Å². The molecule has 1 N–H and O–H groups in total. The minimum atomic E-state index is -0.203. The van der Waals surface area contributed by atoms with Crippen molar-refractivity contribution < 1.29 is 4.79 Å². The molecule has 4 rings (SSSR count). The first-order chi connectivity index (χ1) is 14.2. The molecule has 0 radical (unpaired) electrons. The topological polar surface area (TPSA) is 85.6 Å². The predicted octanol–water partition coefficient (Wildman–Crippen LogP) is 3.90. The molecule has 3 heterocycles. The van der Waals surface area contributed by atoms with Crippen LogP contribution < -0.4 is 5.32 Å². The molecule has 0 saturated carbocycles. The molecule has 0 bridgehead atoms. The lowest BCUT2D eigenvalue weighted by Gasteiger charge is -2.11. The van der Waals surface area contributed by atoms with Crippen molar-refractivity contribution in [1.82, 2.24) is 30.0 Å². The van der Waals surface area contributed by atoms with Crippen LogP contribution in [0.15, 0.2) is 88.0 Å². The van der Waals surface area contributed by atoms with Gasteiger partial charge < -0.3 is 5.32 Å². The summed E-state index contributed by atoms with van der Waals surface area (Å²) in [5, 5.41) is 7.71. The molecule has 7 nitrogen and oxygen atoms in total. The first-order valence-electron chi connectivity index (χ1n) is 8.66. The van der Waals surface area contributed by atoms with Crippen LogP contribution >= 0.6 is 27.7 Å². The molecule has 29 heavy (non-hydrogen) atoms. The fraction of sp³-hybridized carbons (Fsp3) is 0.0500. The fourth-order valence-corrected chi connectivity index (χ4v) is 3.77. The van der Waals surface area contributed by atoms with Crippen molar-refractivity contribution in [2.24, 2.45) is 0 Å². The fourth-order valence-electron chi connectivity index (χ4n) is 2.62. The Kier molecular flexibility index (Phi) is 5.97. The molecule has 0 unspecified atom stereocenters. The van der Waals surface area contributed by atoms with E-state index in [1.807, 2.05) is 36.4 Å². The van der Waals surface area contributed by atoms with Gasteiger partial charge in [-0.1, -0.05) is 33.8 Å². The predicted molar refractivity (Wildman–Crippen MR) is 113 cm³/mol. The quantitative estimate of drug-likeness (QED) is 0.463. The Balaban J connectivity index is 1.51. The molecular formula is C20H15BrN6OS. The van der Waals surface area contributed by atoms with Crippen LogP contribution in [0.4, 0.5) is 0 Å². The van der Waals surface area contributed by atoms with E-state index in [2.05, 4.69) is 41.3 Å². The van der Waals surface area contributed by atoms with Crippen molar-refractivity contribution in [2.45, 2.75) is 16.5 Å². The molecule has 0 saturated heterocycles. The van der Waals surface area contributed by atoms with Crippen LogP contribution in [0.2, 0.25) is 0 Å². The third kappa shape index (κ3) is 4.69. The zero-order chi connectivity index (χ0) is 20.1. The van der Waals surface area contributed by atoms with Crippen LogP contribution in [0, 0.1) is 0 Å². The Bertz CT molecular complexity index is 1120. The summed E-state index contributed by atoms with van der Waals surface area (Å²) in [5.41, 5.74) is 1.35. The molecule has 1 amide bonds. The molecule has 4 aromatic rings. The summed E-state index contributed by atoms with van der Waals surface area (Å²) >= 11 is 4.87. The lowest BCUT2D eigenvalue weighted by Crippen LogP contribution is -2.24. The average Bonchev–Trinajstić information content (AvgIpc) is 3.29. The highest BCUT2D eigenvalue weighted by Gasteiger charge is 2.15. The van der Waals surface area contributed by atoms with E-state index in [0.29, 0.717) is 23.0 Å². The van der Waals surface area contributed by atoms with E-state index in [1.54, 1.807) is 35.5 Å². The Morgan fingerprint density at radius 2 is 1.86 bits per heavy atom. The molecule has 3 aromatic heterocycles. The molecule has 0 aliphatic rings. The maximum atomic E-state index is 12.9. The number of pyridine rings is 2. The van der Waals surface area contributed by atoms with Gasteiger partial charge in [-0.05, 0) is 42.5 Å². The number of nitrogens with one attached hydrogen (secondary N) is 1. The highest BCUT2D eigenvalue weighted by molar-refractivity contribution is 9.10. The molecule has 0 aliphatic heterocycles. The van der Waals surface area contributed by atoms with Crippen LogP contribution in [-0.2, 0) is 6.54 Å². The monoisotopic (exact) mass is 466 g/mol. The van der Waals surface area contributed by atoms with Crippen LogP contribution in [0.3, 0.4) is 0 Å². The zero-order valence-corrected chi connectivity index (χ0v) is 17.5. The second-order valence-electron chi connectivity index (χ2n) is 5.92. The third-order valence-corrected chi connectivity index (χ3v) is 5.54. The van der Waals surface area contributed by atoms with Gasteiger partial charge >= 0.3 is 0 Å². The number of aromatic nitrogens is 5. The number of rotatable bonds is 6. The van der Waals surface area contributed by atoms with Gasteiger partial charge in [-0.3, -0.25) is 4.79 Å². The summed E-state index contributed by atoms with van der Waals surface area (Å²) in [6.07, 6.45) is 6.37. The summed E-state index contributed by atoms with van der Waals surface area (Å²) in [6, 6.07) is 15.1. The number of carbonyl (C=O) groups is 1. The van der Waals surface area contributed by atoms with Crippen molar-refractivity contribution in [1.29, 1.82) is 0 Å². The molecular weight excluding hydrogens is 452 g/mol. The van der Waals surface area contributed by atoms with Crippen molar-refractivity contribution in [3.8, 4) is 5.82 Å². The van der Waals surface area contributed by atoms with Crippen LogP contribution in [0.25, 0.3) is 5.82 Å². The number of hydrogen-bond donors (Lipinski definition) is 1. The van der Waals surface area contributed by atoms with Gasteiger partial charge in [0.15, 0.2) is 5.82 Å². The van der Waals surface area contributed by atoms with Crippen molar-refractivity contribution in [3.05, 3.63) is 89.2 Å². The summed E-state index contributed by atoms with van der Waals surface area (Å²) in [5.74, 6) is 0.423. The molecule has 1 aromatic carbocycles. The largest absolute Gasteiger partial charge is 0.348 e. The van der Waals surface area contributed by atoms with Gasteiger partial charge in [0.05, 0.1) is 5.56 Å². The summed E-state index contributed by atoms with van der Waals surface area (Å²) < 4.78 is 2.57. The Hall–Kier alpha value is -3.04. The standard InChI is InChI=1S/C20H15BrN6OS/c21-15-5-7-16(8-6-15)29-20-17(4-2-10-24-20)19(28)25-11-14-3-1-9-23-18(14)27-13-22-12-26-27/h1-10,12-13H,11H2,(H,25,28). The second kappa shape index (κ2) is 8.97. The number of amides is 1. The smallest absolute Gasteiger partial charge is 0.254 e. The Morgan fingerprint density at radius 3 is 2.66 bits per heavy atom. The highest BCUT2D eigenvalue weighted by Crippen LogP contribution is 2.29. The number of nitrogens with zero attached hydrogens (tertiary/aromatic N) is 5. The lowest BCUT2D eigenvalue weighted by molar-refractivity contribution is 0.0947. The highest BCUT2D eigenvalue weighted by atomic mass is 79.9. The molecule has 0 aliphatic carbocycles. The molecule has 0 spiro atoms. The van der Waals surface area contributed by atoms with Crippen LogP contribution in [0.5, 0.6) is 0 Å². The maximum absolute atomic E-state index is 12.9. The molecule has 9 heteroatoms. The van der Waals surface area contributed by atoms with E-state index in [-0.39, 0.29) is 5.91 Å². The normalized spacial score (nSPS) is 10.7. The first-order valence-corrected chi connectivity index (χ1v) is 10.3. The van der Waals surface area contributed by atoms with Gasteiger partial charge in [0, 0.05) is 33.9 Å². The third-order valence-electron chi connectivity index (χ3n) is 3.99. The first kappa shape index (κ1) is 19.3. The van der Waals surface area contributed by atoms with E-state index >= 15 is 0 Å². The van der Waals surface area contributed by atoms with E-state index in [1.165, 1.54) is 18.1 Å². The van der Waals surface area contributed by atoms with Gasteiger partial charge in [-0.2, -0.15) is 5.10 Å². The maximum Gasteiger partial charge on any atom is 0.254 e. The van der Waals surface area contributed by atoms with Crippen LogP contribution in [0.1, 0.15) is 15.9 Å². The SMILES string of the molecule is O=C(NCc1cccnc1-n1cncn1)c1cccnc1Sc1ccc(Br)cc1. The van der Waals surface area contributed by atoms with Gasteiger partial charge in [0.25, 0.3) is 5.91 Å². The van der Waals surface area contributed by atoms with Crippen molar-refractivity contribution in [2.75, 3.05) is 0 Å². The van der Waals surface area contributed by atoms with E-state index in [0.717, 1.165) is 14.9 Å². The van der Waals surface area contributed by atoms with Gasteiger partial charge in [-0.15, -0.1) is 0 Å². The minimum Gasteiger partial charge on any atom is -0.348 e. The number of benzene rings is 1. The summed E-state index contributed by atoms with van der Waals surface area (Å²) in [4.78, 5) is 26.5. The number of carbonyl (C=O) groups excluding carboxylic acids is 1. The van der Waals surface area contributed by atoms with Gasteiger partial charge in [0.2, 0.25) is 0 Å². The second-order valence-corrected chi connectivity index (χ2v) is 7.90. The number of hydrogen-bond acceptors (Lipinski definition) is 6. The van der Waals surface area contributed by atoms with Crippen molar-refractivity contribution in [3.63, 3.8) is 0 Å². The lowest BCUT2D eigenvalue weighted by atomic mass is 10.2. The molecule has 0 atom stereocenters. The van der Waals surface area contributed by atoms with Crippen LogP contribution in [-0.4, -0.2) is 30.6 Å². The van der Waals surface area contributed by atoms with E-state index in [9.17, 15) is 4.79 Å². The zero-order valence-electron chi connectivity index (χ0n) is 15.1. The molecule has 144 valence electrons. The van der Waals surface area contributed by atoms with E-state index in [4.69, 9.17) is 0 Å². The van der Waals surface area contributed by atoms with E-state index < -0.39 is 0 Å². The molecule has 0 fully saturated rings. The summed E-state index contributed by atoms with van der Waals surface area (Å²) in [6.45, 7) is 0.305. The van der Waals surface area contributed by atoms with Crippen molar-refractivity contribution >= 4 is 33.6 Å². The minimum absolute atomic E-state index is 0.203.